The van der Waals surface area contributed by atoms with Crippen LogP contribution in [0.3, 0.4) is 0 Å². The van der Waals surface area contributed by atoms with E-state index in [2.05, 4.69) is 37.4 Å². The molecule has 1 aliphatic rings. The van der Waals surface area contributed by atoms with Crippen molar-refractivity contribution >= 4 is 54.6 Å². The molecular weight excluding hydrogens is 452 g/mol. The summed E-state index contributed by atoms with van der Waals surface area (Å²) in [6.07, 6.45) is 4.51. The number of carboxylic acid groups (broad SMARTS) is 1. The number of H-pyrrole nitrogens is 1. The molecule has 0 atom stereocenters. The van der Waals surface area contributed by atoms with Crippen LogP contribution in [0.5, 0.6) is 0 Å². The third kappa shape index (κ3) is 3.46. The minimum atomic E-state index is -0.992. The summed E-state index contributed by atoms with van der Waals surface area (Å²) in [7, 11) is 0. The number of aromatic amines is 1. The summed E-state index contributed by atoms with van der Waals surface area (Å²) in [5.41, 5.74) is 4.99. The van der Waals surface area contributed by atoms with Gasteiger partial charge in [-0.15, -0.1) is 11.3 Å². The zero-order chi connectivity index (χ0) is 23.4. The van der Waals surface area contributed by atoms with E-state index in [9.17, 15) is 9.90 Å². The molecule has 4 aromatic heterocycles. The molecule has 5 heterocycles. The summed E-state index contributed by atoms with van der Waals surface area (Å²) >= 11 is 1.43. The van der Waals surface area contributed by atoms with E-state index in [4.69, 9.17) is 9.72 Å². The maximum atomic E-state index is 12.3. The van der Waals surface area contributed by atoms with Gasteiger partial charge in [-0.05, 0) is 38.0 Å². The quantitative estimate of drug-likeness (QED) is 0.344. The van der Waals surface area contributed by atoms with Gasteiger partial charge in [0.25, 0.3) is 0 Å². The van der Waals surface area contributed by atoms with Crippen molar-refractivity contribution in [2.75, 3.05) is 11.9 Å². The van der Waals surface area contributed by atoms with Gasteiger partial charge in [0, 0.05) is 18.5 Å². The number of imidazole rings is 1. The largest absolute Gasteiger partial charge is 0.478 e. The van der Waals surface area contributed by atoms with Crippen LogP contribution in [-0.2, 0) is 24.2 Å². The summed E-state index contributed by atoms with van der Waals surface area (Å²) in [5.74, 6) is -0.312. The van der Waals surface area contributed by atoms with Gasteiger partial charge in [-0.3, -0.25) is 0 Å². The molecule has 0 fully saturated rings. The van der Waals surface area contributed by atoms with Crippen molar-refractivity contribution in [1.82, 2.24) is 24.9 Å². The number of nitrogens with one attached hydrogen (secondary N) is 2. The first kappa shape index (κ1) is 20.9. The number of carboxylic acids is 1. The predicted molar refractivity (Wildman–Crippen MR) is 131 cm³/mol. The zero-order valence-electron chi connectivity index (χ0n) is 18.7. The molecule has 1 aliphatic heterocycles. The highest BCUT2D eigenvalue weighted by atomic mass is 32.1. The van der Waals surface area contributed by atoms with E-state index in [1.807, 2.05) is 19.9 Å². The summed E-state index contributed by atoms with van der Waals surface area (Å²) in [6.45, 7) is 4.86. The number of thiophene rings is 1. The van der Waals surface area contributed by atoms with Gasteiger partial charge in [0.05, 0.1) is 56.4 Å². The van der Waals surface area contributed by atoms with E-state index >= 15 is 0 Å². The SMILES string of the molecule is CC1(C)Cc2nc3sc4c(NCCc5ccc6[nH]cnc6c5)ncnc4c3c(C(=O)O)c2CO1. The van der Waals surface area contributed by atoms with Gasteiger partial charge < -0.3 is 20.1 Å². The van der Waals surface area contributed by atoms with Crippen molar-refractivity contribution in [2.45, 2.75) is 38.9 Å². The second-order valence-corrected chi connectivity index (χ2v) is 10.1. The lowest BCUT2D eigenvalue weighted by Crippen LogP contribution is -2.33. The molecule has 0 amide bonds. The Morgan fingerprint density at radius 1 is 1.29 bits per heavy atom. The highest BCUT2D eigenvalue weighted by Gasteiger charge is 2.33. The minimum Gasteiger partial charge on any atom is -0.478 e. The summed E-state index contributed by atoms with van der Waals surface area (Å²) in [4.78, 5) is 34.2. The number of ether oxygens (including phenoxy) is 1. The topological polar surface area (TPSA) is 126 Å². The van der Waals surface area contributed by atoms with Crippen LogP contribution in [0.2, 0.25) is 0 Å². The van der Waals surface area contributed by atoms with Crippen molar-refractivity contribution < 1.29 is 14.6 Å². The summed E-state index contributed by atoms with van der Waals surface area (Å²) in [6, 6.07) is 6.17. The number of anilines is 1. The number of aromatic carboxylic acids is 1. The molecule has 9 nitrogen and oxygen atoms in total. The van der Waals surface area contributed by atoms with Crippen LogP contribution in [0.15, 0.2) is 30.9 Å². The molecule has 0 bridgehead atoms. The fraction of sp³-hybridized carbons (Fsp3) is 0.292. The van der Waals surface area contributed by atoms with E-state index < -0.39 is 5.97 Å². The molecule has 3 N–H and O–H groups in total. The van der Waals surface area contributed by atoms with Gasteiger partial charge in [-0.1, -0.05) is 6.07 Å². The van der Waals surface area contributed by atoms with Gasteiger partial charge in [0.15, 0.2) is 0 Å². The molecule has 0 aliphatic carbocycles. The number of nitrogens with zero attached hydrogens (tertiary/aromatic N) is 4. The lowest BCUT2D eigenvalue weighted by molar-refractivity contribution is -0.0415. The van der Waals surface area contributed by atoms with Crippen molar-refractivity contribution in [2.24, 2.45) is 0 Å². The fourth-order valence-corrected chi connectivity index (χ4v) is 5.65. The van der Waals surface area contributed by atoms with Crippen LogP contribution in [0.4, 0.5) is 5.82 Å². The molecule has 34 heavy (non-hydrogen) atoms. The van der Waals surface area contributed by atoms with E-state index in [1.54, 1.807) is 6.33 Å². The van der Waals surface area contributed by atoms with Crippen molar-refractivity contribution in [3.8, 4) is 0 Å². The average molecular weight is 475 g/mol. The van der Waals surface area contributed by atoms with Crippen LogP contribution in [0, 0.1) is 0 Å². The van der Waals surface area contributed by atoms with E-state index in [-0.39, 0.29) is 17.8 Å². The van der Waals surface area contributed by atoms with Gasteiger partial charge in [-0.2, -0.15) is 0 Å². The van der Waals surface area contributed by atoms with Crippen LogP contribution < -0.4 is 5.32 Å². The standard InChI is InChI=1S/C24H22N6O3S/c1-24(2)8-16-13(9-33-24)17(23(31)32)18-19-20(34-22(18)30-16)21(29-11-28-19)25-6-5-12-3-4-14-15(7-12)27-10-26-14/h3-4,7,10-11H,5-6,8-9H2,1-2H3,(H,26,27)(H,31,32)(H,25,28,29). The molecule has 10 heteroatoms. The second-order valence-electron chi connectivity index (χ2n) is 9.06. The Morgan fingerprint density at radius 3 is 3.03 bits per heavy atom. The maximum Gasteiger partial charge on any atom is 0.336 e. The monoisotopic (exact) mass is 474 g/mol. The Bertz CT molecular complexity index is 1590. The number of carbonyl (C=O) groups is 1. The van der Waals surface area contributed by atoms with Crippen molar-refractivity contribution in [3.63, 3.8) is 0 Å². The lowest BCUT2D eigenvalue weighted by Gasteiger charge is -2.31. The first-order chi connectivity index (χ1) is 16.4. The Hall–Kier alpha value is -3.63. The third-order valence-electron chi connectivity index (χ3n) is 6.20. The minimum absolute atomic E-state index is 0.223. The first-order valence-corrected chi connectivity index (χ1v) is 11.8. The van der Waals surface area contributed by atoms with Crippen LogP contribution in [0.25, 0.3) is 31.5 Å². The second kappa shape index (κ2) is 7.71. The number of benzene rings is 1. The van der Waals surface area contributed by atoms with E-state index in [1.165, 1.54) is 23.2 Å². The molecule has 0 unspecified atom stereocenters. The molecule has 172 valence electrons. The smallest absolute Gasteiger partial charge is 0.336 e. The van der Waals surface area contributed by atoms with Gasteiger partial charge in [0.1, 0.15) is 17.0 Å². The number of pyridine rings is 1. The highest BCUT2D eigenvalue weighted by molar-refractivity contribution is 7.26. The van der Waals surface area contributed by atoms with Crippen LogP contribution in [-0.4, -0.2) is 48.1 Å². The number of fused-ring (bicyclic) bond motifs is 5. The Labute approximate surface area is 198 Å². The normalized spacial score (nSPS) is 15.1. The van der Waals surface area contributed by atoms with E-state index in [0.717, 1.165) is 27.8 Å². The van der Waals surface area contributed by atoms with Gasteiger partial charge in [-0.25, -0.2) is 24.7 Å². The summed E-state index contributed by atoms with van der Waals surface area (Å²) < 4.78 is 6.71. The molecule has 5 aromatic rings. The Kier molecular flexibility index (Phi) is 4.75. The number of rotatable bonds is 5. The predicted octanol–water partition coefficient (Wildman–Crippen LogP) is 4.32. The summed E-state index contributed by atoms with van der Waals surface area (Å²) in [5, 5.41) is 14.1. The Balaban J connectivity index is 1.37. The molecule has 0 spiro atoms. The van der Waals surface area contributed by atoms with Gasteiger partial charge >= 0.3 is 5.97 Å². The van der Waals surface area contributed by atoms with Crippen LogP contribution >= 0.6 is 11.3 Å². The molecule has 6 rings (SSSR count). The Morgan fingerprint density at radius 2 is 2.18 bits per heavy atom. The maximum absolute atomic E-state index is 12.3. The van der Waals surface area contributed by atoms with Gasteiger partial charge in [0.2, 0.25) is 0 Å². The number of hydrogen-bond donors (Lipinski definition) is 3. The average Bonchev–Trinajstić information content (AvgIpc) is 3.41. The molecule has 0 saturated heterocycles. The molecular formula is C24H22N6O3S. The van der Waals surface area contributed by atoms with E-state index in [0.29, 0.717) is 40.1 Å². The number of aromatic nitrogens is 5. The number of hydrogen-bond acceptors (Lipinski definition) is 8. The third-order valence-corrected chi connectivity index (χ3v) is 7.28. The molecule has 0 saturated carbocycles. The lowest BCUT2D eigenvalue weighted by atomic mass is 9.92. The molecule has 1 aromatic carbocycles. The van der Waals surface area contributed by atoms with Crippen LogP contribution in [0.1, 0.15) is 41.0 Å². The van der Waals surface area contributed by atoms with Crippen molar-refractivity contribution in [1.29, 1.82) is 0 Å². The highest BCUT2D eigenvalue weighted by Crippen LogP contribution is 2.40. The van der Waals surface area contributed by atoms with Crippen molar-refractivity contribution in [3.05, 3.63) is 53.2 Å². The molecule has 0 radical (unpaired) electrons. The zero-order valence-corrected chi connectivity index (χ0v) is 19.5. The fourth-order valence-electron chi connectivity index (χ4n) is 4.53. The first-order valence-electron chi connectivity index (χ1n) is 11.0.